The molecule has 0 saturated carbocycles. The van der Waals surface area contributed by atoms with Crippen LogP contribution in [0.4, 0.5) is 0 Å². The Balaban J connectivity index is 2.76. The molecule has 0 saturated heterocycles. The number of nitrogens with zero attached hydrogens (tertiary/aromatic N) is 1. The zero-order valence-corrected chi connectivity index (χ0v) is 10.4. The molecule has 76 valence electrons. The van der Waals surface area contributed by atoms with Crippen LogP contribution in [0.25, 0.3) is 5.76 Å². The third kappa shape index (κ3) is 3.52. The fourth-order valence-corrected chi connectivity index (χ4v) is 1.94. The Morgan fingerprint density at radius 1 is 1.43 bits per heavy atom. The fraction of sp³-hybridized carbons (Fsp3) is 0.300. The Labute approximate surface area is 90.7 Å². The van der Waals surface area contributed by atoms with E-state index in [0.29, 0.717) is 10.9 Å². The molecule has 0 aliphatic carbocycles. The lowest BCUT2D eigenvalue weighted by atomic mass is 10.2. The van der Waals surface area contributed by atoms with Crippen LogP contribution in [0.5, 0.6) is 0 Å². The van der Waals surface area contributed by atoms with E-state index in [4.69, 9.17) is 16.0 Å². The van der Waals surface area contributed by atoms with Gasteiger partial charge in [0.1, 0.15) is 10.9 Å². The SMILES string of the molecule is C=C(O[Si](C)(C)C)c1ccc(Cl)nc1. The summed E-state index contributed by atoms with van der Waals surface area (Å²) < 4.78 is 5.72. The van der Waals surface area contributed by atoms with Crippen LogP contribution in [0.2, 0.25) is 24.8 Å². The molecule has 0 spiro atoms. The van der Waals surface area contributed by atoms with Gasteiger partial charge in [0.25, 0.3) is 0 Å². The van der Waals surface area contributed by atoms with Gasteiger partial charge in [-0.25, -0.2) is 4.98 Å². The lowest BCUT2D eigenvalue weighted by molar-refractivity contribution is 0.516. The van der Waals surface area contributed by atoms with Crippen molar-refractivity contribution in [3.05, 3.63) is 35.6 Å². The molecule has 0 radical (unpaired) electrons. The Bertz CT molecular complexity index is 329. The van der Waals surface area contributed by atoms with Gasteiger partial charge in [0.2, 0.25) is 8.32 Å². The van der Waals surface area contributed by atoms with Crippen LogP contribution in [-0.4, -0.2) is 13.3 Å². The van der Waals surface area contributed by atoms with Crippen molar-refractivity contribution >= 4 is 25.7 Å². The molecular weight excluding hydrogens is 214 g/mol. The summed E-state index contributed by atoms with van der Waals surface area (Å²) in [6, 6.07) is 3.59. The zero-order valence-electron chi connectivity index (χ0n) is 8.67. The van der Waals surface area contributed by atoms with Crippen molar-refractivity contribution < 1.29 is 4.43 Å². The van der Waals surface area contributed by atoms with Gasteiger partial charge in [-0.1, -0.05) is 18.2 Å². The van der Waals surface area contributed by atoms with Gasteiger partial charge in [-0.2, -0.15) is 0 Å². The normalized spacial score (nSPS) is 11.1. The Morgan fingerprint density at radius 2 is 2.07 bits per heavy atom. The summed E-state index contributed by atoms with van der Waals surface area (Å²) in [5.74, 6) is 0.674. The van der Waals surface area contributed by atoms with Crippen LogP contribution in [-0.2, 0) is 4.43 Å². The van der Waals surface area contributed by atoms with Crippen LogP contribution in [0.1, 0.15) is 5.56 Å². The molecule has 1 aromatic rings. The van der Waals surface area contributed by atoms with Gasteiger partial charge in [-0.15, -0.1) is 0 Å². The highest BCUT2D eigenvalue weighted by molar-refractivity contribution is 6.70. The largest absolute Gasteiger partial charge is 0.544 e. The summed E-state index contributed by atoms with van der Waals surface area (Å²) in [6.45, 7) is 10.2. The maximum Gasteiger partial charge on any atom is 0.242 e. The third-order valence-electron chi connectivity index (χ3n) is 1.48. The second-order valence-electron chi connectivity index (χ2n) is 4.01. The summed E-state index contributed by atoms with van der Waals surface area (Å²) in [5.41, 5.74) is 0.886. The summed E-state index contributed by atoms with van der Waals surface area (Å²) in [7, 11) is -1.58. The zero-order chi connectivity index (χ0) is 10.8. The molecule has 0 aromatic carbocycles. The average molecular weight is 228 g/mol. The second kappa shape index (κ2) is 4.15. The van der Waals surface area contributed by atoms with Gasteiger partial charge in [0.05, 0.1) is 0 Å². The topological polar surface area (TPSA) is 22.1 Å². The van der Waals surface area contributed by atoms with Crippen LogP contribution in [0, 0.1) is 0 Å². The summed E-state index contributed by atoms with van der Waals surface area (Å²) >= 11 is 5.68. The fourth-order valence-electron chi connectivity index (χ4n) is 0.969. The minimum Gasteiger partial charge on any atom is -0.544 e. The highest BCUT2D eigenvalue weighted by atomic mass is 35.5. The molecule has 0 aliphatic heterocycles. The van der Waals surface area contributed by atoms with Crippen molar-refractivity contribution in [2.75, 3.05) is 0 Å². The van der Waals surface area contributed by atoms with E-state index in [0.717, 1.165) is 5.56 Å². The van der Waals surface area contributed by atoms with E-state index >= 15 is 0 Å². The molecule has 14 heavy (non-hydrogen) atoms. The molecule has 1 rings (SSSR count). The maximum absolute atomic E-state index is 5.72. The van der Waals surface area contributed by atoms with Crippen molar-refractivity contribution in [2.24, 2.45) is 0 Å². The Morgan fingerprint density at radius 3 is 2.50 bits per heavy atom. The van der Waals surface area contributed by atoms with Gasteiger partial charge in [0.15, 0.2) is 0 Å². The van der Waals surface area contributed by atoms with Crippen molar-refractivity contribution in [3.8, 4) is 0 Å². The summed E-state index contributed by atoms with van der Waals surface area (Å²) in [6.07, 6.45) is 1.67. The molecule has 0 unspecified atom stereocenters. The van der Waals surface area contributed by atoms with E-state index in [1.165, 1.54) is 0 Å². The predicted octanol–water partition coefficient (Wildman–Crippen LogP) is 3.56. The van der Waals surface area contributed by atoms with Crippen molar-refractivity contribution in [1.82, 2.24) is 4.98 Å². The first-order chi connectivity index (χ1) is 6.38. The molecular formula is C10H14ClNOSi. The average Bonchev–Trinajstić information content (AvgIpc) is 2.02. The molecule has 0 N–H and O–H groups in total. The van der Waals surface area contributed by atoms with Crippen LogP contribution in [0.15, 0.2) is 24.9 Å². The summed E-state index contributed by atoms with van der Waals surface area (Å²) in [4.78, 5) is 3.97. The first-order valence-corrected chi connectivity index (χ1v) is 8.17. The molecule has 1 aromatic heterocycles. The Hall–Kier alpha value is -0.803. The second-order valence-corrected chi connectivity index (χ2v) is 8.82. The minimum absolute atomic E-state index is 0.481. The predicted molar refractivity (Wildman–Crippen MR) is 62.7 cm³/mol. The lowest BCUT2D eigenvalue weighted by Gasteiger charge is -2.20. The number of rotatable bonds is 3. The minimum atomic E-state index is -1.58. The number of hydrogen-bond acceptors (Lipinski definition) is 2. The van der Waals surface area contributed by atoms with E-state index in [2.05, 4.69) is 31.2 Å². The highest BCUT2D eigenvalue weighted by Gasteiger charge is 2.17. The van der Waals surface area contributed by atoms with Gasteiger partial charge in [0, 0.05) is 11.8 Å². The number of aromatic nitrogens is 1. The van der Waals surface area contributed by atoms with Crippen LogP contribution in [0.3, 0.4) is 0 Å². The third-order valence-corrected chi connectivity index (χ3v) is 2.56. The molecule has 0 bridgehead atoms. The summed E-state index contributed by atoms with van der Waals surface area (Å²) in [5, 5.41) is 0.481. The molecule has 0 atom stereocenters. The molecule has 2 nitrogen and oxygen atoms in total. The smallest absolute Gasteiger partial charge is 0.242 e. The van der Waals surface area contributed by atoms with Crippen molar-refractivity contribution in [1.29, 1.82) is 0 Å². The van der Waals surface area contributed by atoms with Crippen molar-refractivity contribution in [2.45, 2.75) is 19.6 Å². The monoisotopic (exact) mass is 227 g/mol. The Kier molecular flexibility index (Phi) is 3.34. The van der Waals surface area contributed by atoms with E-state index in [9.17, 15) is 0 Å². The molecule has 0 fully saturated rings. The number of halogens is 1. The number of pyridine rings is 1. The van der Waals surface area contributed by atoms with Crippen molar-refractivity contribution in [3.63, 3.8) is 0 Å². The van der Waals surface area contributed by atoms with Gasteiger partial charge in [-0.05, 0) is 31.8 Å². The van der Waals surface area contributed by atoms with Gasteiger partial charge in [-0.3, -0.25) is 0 Å². The number of hydrogen-bond donors (Lipinski definition) is 0. The van der Waals surface area contributed by atoms with Gasteiger partial charge >= 0.3 is 0 Å². The van der Waals surface area contributed by atoms with Gasteiger partial charge < -0.3 is 4.43 Å². The van der Waals surface area contributed by atoms with E-state index in [-0.39, 0.29) is 0 Å². The molecule has 4 heteroatoms. The molecule has 0 amide bonds. The maximum atomic E-state index is 5.72. The van der Waals surface area contributed by atoms with E-state index in [1.807, 2.05) is 6.07 Å². The van der Waals surface area contributed by atoms with E-state index < -0.39 is 8.32 Å². The molecule has 0 aliphatic rings. The standard InChI is InChI=1S/C10H14ClNOSi/c1-8(13-14(2,3)4)9-5-6-10(11)12-7-9/h5-7H,1H2,2-4H3. The first kappa shape index (κ1) is 11.3. The lowest BCUT2D eigenvalue weighted by Crippen LogP contribution is -2.24. The first-order valence-electron chi connectivity index (χ1n) is 4.38. The van der Waals surface area contributed by atoms with Crippen LogP contribution >= 0.6 is 11.6 Å². The highest BCUT2D eigenvalue weighted by Crippen LogP contribution is 2.19. The van der Waals surface area contributed by atoms with E-state index in [1.54, 1.807) is 12.3 Å². The van der Waals surface area contributed by atoms with Crippen LogP contribution < -0.4 is 0 Å². The molecule has 1 heterocycles. The quantitative estimate of drug-likeness (QED) is 0.448.